The van der Waals surface area contributed by atoms with E-state index in [1.807, 2.05) is 45.0 Å². The van der Waals surface area contributed by atoms with Crippen molar-refractivity contribution in [1.82, 2.24) is 9.97 Å². The minimum atomic E-state index is -0.835. The Morgan fingerprint density at radius 2 is 2.05 bits per heavy atom. The molecule has 0 aliphatic carbocycles. The topological polar surface area (TPSA) is 75.1 Å². The number of anilines is 1. The van der Waals surface area contributed by atoms with E-state index in [1.54, 1.807) is 6.20 Å². The molecule has 0 spiro atoms. The number of carboxylic acids is 1. The SMILES string of the molecule is CC(C)(C)C(CC(=O)O)Nc1ncc2ccccc2n1. The van der Waals surface area contributed by atoms with Gasteiger partial charge in [-0.2, -0.15) is 0 Å². The molecule has 1 aromatic carbocycles. The Morgan fingerprint density at radius 1 is 1.35 bits per heavy atom. The molecule has 0 aliphatic rings. The maximum absolute atomic E-state index is 11.0. The van der Waals surface area contributed by atoms with Crippen LogP contribution in [-0.4, -0.2) is 27.1 Å². The quantitative estimate of drug-likeness (QED) is 0.895. The average molecular weight is 273 g/mol. The molecule has 1 heterocycles. The van der Waals surface area contributed by atoms with Gasteiger partial charge in [0.2, 0.25) is 5.95 Å². The number of rotatable bonds is 4. The molecule has 0 amide bonds. The van der Waals surface area contributed by atoms with E-state index in [-0.39, 0.29) is 17.9 Å². The van der Waals surface area contributed by atoms with Crippen LogP contribution < -0.4 is 5.32 Å². The number of carboxylic acid groups (broad SMARTS) is 1. The van der Waals surface area contributed by atoms with Crippen LogP contribution >= 0.6 is 0 Å². The molecule has 1 atom stereocenters. The zero-order chi connectivity index (χ0) is 14.8. The van der Waals surface area contributed by atoms with Crippen LogP contribution in [0.25, 0.3) is 10.9 Å². The normalized spacial score (nSPS) is 13.2. The second-order valence-corrected chi connectivity index (χ2v) is 5.91. The Labute approximate surface area is 118 Å². The number of hydrogen-bond acceptors (Lipinski definition) is 4. The lowest BCUT2D eigenvalue weighted by molar-refractivity contribution is -0.137. The van der Waals surface area contributed by atoms with Crippen molar-refractivity contribution in [2.45, 2.75) is 33.2 Å². The zero-order valence-electron chi connectivity index (χ0n) is 11.9. The van der Waals surface area contributed by atoms with Gasteiger partial charge in [0.05, 0.1) is 11.9 Å². The third kappa shape index (κ3) is 3.44. The monoisotopic (exact) mass is 273 g/mol. The molecule has 2 rings (SSSR count). The number of fused-ring (bicyclic) bond motifs is 1. The van der Waals surface area contributed by atoms with Crippen LogP contribution in [0.5, 0.6) is 0 Å². The van der Waals surface area contributed by atoms with Crippen LogP contribution in [0.3, 0.4) is 0 Å². The van der Waals surface area contributed by atoms with Crippen molar-refractivity contribution in [1.29, 1.82) is 0 Å². The van der Waals surface area contributed by atoms with Gasteiger partial charge in [-0.05, 0) is 11.5 Å². The third-order valence-corrected chi connectivity index (χ3v) is 3.22. The van der Waals surface area contributed by atoms with Crippen molar-refractivity contribution in [3.63, 3.8) is 0 Å². The van der Waals surface area contributed by atoms with E-state index in [4.69, 9.17) is 5.11 Å². The number of benzene rings is 1. The van der Waals surface area contributed by atoms with Gasteiger partial charge < -0.3 is 10.4 Å². The summed E-state index contributed by atoms with van der Waals surface area (Å²) in [6.07, 6.45) is 1.77. The number of nitrogens with zero attached hydrogens (tertiary/aromatic N) is 2. The summed E-state index contributed by atoms with van der Waals surface area (Å²) in [4.78, 5) is 19.7. The van der Waals surface area contributed by atoms with Crippen molar-refractivity contribution >= 4 is 22.8 Å². The van der Waals surface area contributed by atoms with E-state index in [0.29, 0.717) is 5.95 Å². The highest BCUT2D eigenvalue weighted by atomic mass is 16.4. The van der Waals surface area contributed by atoms with E-state index in [9.17, 15) is 4.79 Å². The lowest BCUT2D eigenvalue weighted by Crippen LogP contribution is -2.36. The van der Waals surface area contributed by atoms with Crippen LogP contribution in [0.4, 0.5) is 5.95 Å². The van der Waals surface area contributed by atoms with Crippen LogP contribution in [0.1, 0.15) is 27.2 Å². The summed E-state index contributed by atoms with van der Waals surface area (Å²) in [5.74, 6) is -0.372. The van der Waals surface area contributed by atoms with E-state index in [0.717, 1.165) is 10.9 Å². The minimum absolute atomic E-state index is 0.0275. The highest BCUT2D eigenvalue weighted by Crippen LogP contribution is 2.25. The highest BCUT2D eigenvalue weighted by Gasteiger charge is 2.27. The Bertz CT molecular complexity index is 620. The van der Waals surface area contributed by atoms with Crippen molar-refractivity contribution < 1.29 is 9.90 Å². The van der Waals surface area contributed by atoms with Crippen molar-refractivity contribution in [2.75, 3.05) is 5.32 Å². The predicted octanol–water partition coefficient (Wildman–Crippen LogP) is 2.93. The lowest BCUT2D eigenvalue weighted by Gasteiger charge is -2.30. The Balaban J connectivity index is 2.26. The standard InChI is InChI=1S/C15H19N3O2/c1-15(2,3)12(8-13(19)20)18-14-16-9-10-6-4-5-7-11(10)17-14/h4-7,9,12H,8H2,1-3H3,(H,19,20)(H,16,17,18). The van der Waals surface area contributed by atoms with E-state index in [1.165, 1.54) is 0 Å². The van der Waals surface area contributed by atoms with Gasteiger partial charge >= 0.3 is 5.97 Å². The minimum Gasteiger partial charge on any atom is -0.481 e. The molecule has 1 aromatic heterocycles. The summed E-state index contributed by atoms with van der Waals surface area (Å²) < 4.78 is 0. The Hall–Kier alpha value is -2.17. The van der Waals surface area contributed by atoms with Crippen LogP contribution in [0.15, 0.2) is 30.5 Å². The van der Waals surface area contributed by atoms with Gasteiger partial charge in [-0.3, -0.25) is 4.79 Å². The fourth-order valence-corrected chi connectivity index (χ4v) is 1.95. The van der Waals surface area contributed by atoms with Crippen molar-refractivity contribution in [2.24, 2.45) is 5.41 Å². The fraction of sp³-hybridized carbons (Fsp3) is 0.400. The highest BCUT2D eigenvalue weighted by molar-refractivity contribution is 5.78. The third-order valence-electron chi connectivity index (χ3n) is 3.22. The first-order valence-electron chi connectivity index (χ1n) is 6.56. The molecule has 5 heteroatoms. The number of hydrogen-bond donors (Lipinski definition) is 2. The summed E-state index contributed by atoms with van der Waals surface area (Å²) in [5.41, 5.74) is 0.640. The van der Waals surface area contributed by atoms with Gasteiger partial charge in [0.15, 0.2) is 0 Å². The smallest absolute Gasteiger partial charge is 0.305 e. The molecule has 0 bridgehead atoms. The first-order chi connectivity index (χ1) is 9.36. The maximum Gasteiger partial charge on any atom is 0.305 e. The van der Waals surface area contributed by atoms with Crippen LogP contribution in [0.2, 0.25) is 0 Å². The summed E-state index contributed by atoms with van der Waals surface area (Å²) in [5, 5.41) is 13.1. The average Bonchev–Trinajstić information content (AvgIpc) is 2.36. The molecule has 0 aliphatic heterocycles. The van der Waals surface area contributed by atoms with Gasteiger partial charge in [-0.1, -0.05) is 39.0 Å². The summed E-state index contributed by atoms with van der Waals surface area (Å²) in [6.45, 7) is 5.98. The molecule has 1 unspecified atom stereocenters. The van der Waals surface area contributed by atoms with Gasteiger partial charge in [0.25, 0.3) is 0 Å². The number of nitrogens with one attached hydrogen (secondary N) is 1. The van der Waals surface area contributed by atoms with Crippen LogP contribution in [-0.2, 0) is 4.79 Å². The number of carbonyl (C=O) groups is 1. The summed E-state index contributed by atoms with van der Waals surface area (Å²) >= 11 is 0. The molecule has 20 heavy (non-hydrogen) atoms. The number of aliphatic carboxylic acids is 1. The van der Waals surface area contributed by atoms with Crippen molar-refractivity contribution in [3.05, 3.63) is 30.5 Å². The second-order valence-electron chi connectivity index (χ2n) is 5.91. The van der Waals surface area contributed by atoms with Gasteiger partial charge in [-0.15, -0.1) is 0 Å². The number of para-hydroxylation sites is 1. The molecular formula is C15H19N3O2. The lowest BCUT2D eigenvalue weighted by atomic mass is 9.85. The van der Waals surface area contributed by atoms with E-state index in [2.05, 4.69) is 15.3 Å². The summed E-state index contributed by atoms with van der Waals surface area (Å²) in [6, 6.07) is 7.46. The molecule has 2 N–H and O–H groups in total. The molecule has 0 saturated heterocycles. The number of aromatic nitrogens is 2. The molecular weight excluding hydrogens is 254 g/mol. The molecule has 5 nitrogen and oxygen atoms in total. The largest absolute Gasteiger partial charge is 0.481 e. The first kappa shape index (κ1) is 14.2. The van der Waals surface area contributed by atoms with Crippen molar-refractivity contribution in [3.8, 4) is 0 Å². The molecule has 0 saturated carbocycles. The summed E-state index contributed by atoms with van der Waals surface area (Å²) in [7, 11) is 0. The molecule has 106 valence electrons. The zero-order valence-corrected chi connectivity index (χ0v) is 11.9. The predicted molar refractivity (Wildman–Crippen MR) is 78.7 cm³/mol. The maximum atomic E-state index is 11.0. The van der Waals surface area contributed by atoms with E-state index < -0.39 is 5.97 Å². The molecule has 0 fully saturated rings. The Kier molecular flexibility index (Phi) is 3.88. The van der Waals surface area contributed by atoms with Gasteiger partial charge in [0, 0.05) is 17.6 Å². The molecule has 2 aromatic rings. The molecule has 0 radical (unpaired) electrons. The first-order valence-corrected chi connectivity index (χ1v) is 6.56. The van der Waals surface area contributed by atoms with Gasteiger partial charge in [0.1, 0.15) is 0 Å². The van der Waals surface area contributed by atoms with Gasteiger partial charge in [-0.25, -0.2) is 9.97 Å². The van der Waals surface area contributed by atoms with Crippen LogP contribution in [0, 0.1) is 5.41 Å². The second kappa shape index (κ2) is 5.45. The van der Waals surface area contributed by atoms with E-state index >= 15 is 0 Å². The Morgan fingerprint density at radius 3 is 2.70 bits per heavy atom. The fourth-order valence-electron chi connectivity index (χ4n) is 1.95.